The first-order chi connectivity index (χ1) is 9.43. The number of carbonyl (C=O) groups is 1. The van der Waals surface area contributed by atoms with Crippen LogP contribution in [0.3, 0.4) is 0 Å². The van der Waals surface area contributed by atoms with Crippen molar-refractivity contribution >= 4 is 17.4 Å². The van der Waals surface area contributed by atoms with Crippen molar-refractivity contribution in [1.29, 1.82) is 0 Å². The van der Waals surface area contributed by atoms with Gasteiger partial charge in [0.15, 0.2) is 5.78 Å². The fraction of sp³-hybridized carbons (Fsp3) is 0.133. The van der Waals surface area contributed by atoms with Gasteiger partial charge >= 0.3 is 0 Å². The molecule has 2 aromatic rings. The molecule has 0 bridgehead atoms. The maximum Gasteiger partial charge on any atom is 0.200 e. The van der Waals surface area contributed by atoms with Crippen molar-refractivity contribution < 1.29 is 18.3 Å². The van der Waals surface area contributed by atoms with Crippen LogP contribution in [-0.2, 0) is 0 Å². The van der Waals surface area contributed by atoms with Gasteiger partial charge in [-0.2, -0.15) is 0 Å². The summed E-state index contributed by atoms with van der Waals surface area (Å²) in [5, 5.41) is 0.157. The SMILES string of the molecule is COc1cc(F)c(C(=O)c2ccc(C)cc2Cl)c(F)c1. The first-order valence-electron chi connectivity index (χ1n) is 5.78. The molecule has 5 heteroatoms. The highest BCUT2D eigenvalue weighted by atomic mass is 35.5. The second-order valence-electron chi connectivity index (χ2n) is 4.28. The summed E-state index contributed by atoms with van der Waals surface area (Å²) in [6, 6.07) is 6.58. The minimum absolute atomic E-state index is 0.00607. The summed E-state index contributed by atoms with van der Waals surface area (Å²) in [6.45, 7) is 1.80. The van der Waals surface area contributed by atoms with Gasteiger partial charge in [0.2, 0.25) is 0 Å². The average molecular weight is 297 g/mol. The summed E-state index contributed by atoms with van der Waals surface area (Å²) in [6.07, 6.45) is 0. The van der Waals surface area contributed by atoms with E-state index in [-0.39, 0.29) is 16.3 Å². The van der Waals surface area contributed by atoms with Gasteiger partial charge in [0.1, 0.15) is 17.4 Å². The molecule has 0 fully saturated rings. The maximum absolute atomic E-state index is 13.9. The lowest BCUT2D eigenvalue weighted by Gasteiger charge is -2.08. The van der Waals surface area contributed by atoms with Crippen molar-refractivity contribution in [2.45, 2.75) is 6.92 Å². The maximum atomic E-state index is 13.9. The number of carbonyl (C=O) groups excluding carboxylic acids is 1. The van der Waals surface area contributed by atoms with E-state index in [1.54, 1.807) is 19.1 Å². The highest BCUT2D eigenvalue weighted by Crippen LogP contribution is 2.26. The fourth-order valence-electron chi connectivity index (χ4n) is 1.82. The highest BCUT2D eigenvalue weighted by Gasteiger charge is 2.22. The number of ketones is 1. The van der Waals surface area contributed by atoms with Crippen LogP contribution in [-0.4, -0.2) is 12.9 Å². The number of ether oxygens (including phenoxy) is 1. The van der Waals surface area contributed by atoms with E-state index in [1.165, 1.54) is 13.2 Å². The number of rotatable bonds is 3. The van der Waals surface area contributed by atoms with Crippen molar-refractivity contribution in [3.8, 4) is 5.75 Å². The van der Waals surface area contributed by atoms with Crippen molar-refractivity contribution in [2.24, 2.45) is 0 Å². The van der Waals surface area contributed by atoms with Crippen molar-refractivity contribution in [1.82, 2.24) is 0 Å². The Hall–Kier alpha value is -1.94. The molecule has 2 rings (SSSR count). The van der Waals surface area contributed by atoms with E-state index >= 15 is 0 Å². The van der Waals surface area contributed by atoms with Crippen LogP contribution in [0.4, 0.5) is 8.78 Å². The Balaban J connectivity index is 2.54. The molecule has 0 aliphatic heterocycles. The molecular formula is C15H11ClF2O2. The first kappa shape index (κ1) is 14.5. The Labute approximate surface area is 119 Å². The molecule has 0 aliphatic carbocycles. The van der Waals surface area contributed by atoms with Crippen LogP contribution in [0.1, 0.15) is 21.5 Å². The molecule has 0 atom stereocenters. The number of benzene rings is 2. The van der Waals surface area contributed by atoms with Crippen LogP contribution < -0.4 is 4.74 Å². The lowest BCUT2D eigenvalue weighted by molar-refractivity contribution is 0.103. The fourth-order valence-corrected chi connectivity index (χ4v) is 2.14. The van der Waals surface area contributed by atoms with E-state index in [9.17, 15) is 13.6 Å². The quantitative estimate of drug-likeness (QED) is 0.795. The second-order valence-corrected chi connectivity index (χ2v) is 4.69. The van der Waals surface area contributed by atoms with E-state index < -0.39 is 23.0 Å². The molecule has 0 saturated carbocycles. The monoisotopic (exact) mass is 296 g/mol. The van der Waals surface area contributed by atoms with Gasteiger partial charge in [-0.05, 0) is 24.6 Å². The Morgan fingerprint density at radius 1 is 1.15 bits per heavy atom. The molecular weight excluding hydrogens is 286 g/mol. The summed E-state index contributed by atoms with van der Waals surface area (Å²) in [4.78, 5) is 12.2. The van der Waals surface area contributed by atoms with Gasteiger partial charge in [0.25, 0.3) is 0 Å². The predicted molar refractivity (Wildman–Crippen MR) is 72.5 cm³/mol. The topological polar surface area (TPSA) is 26.3 Å². The smallest absolute Gasteiger partial charge is 0.200 e. The van der Waals surface area contributed by atoms with Crippen molar-refractivity contribution in [2.75, 3.05) is 7.11 Å². The third-order valence-electron chi connectivity index (χ3n) is 2.85. The molecule has 104 valence electrons. The molecule has 2 nitrogen and oxygen atoms in total. The number of hydrogen-bond donors (Lipinski definition) is 0. The van der Waals surface area contributed by atoms with Crippen LogP contribution >= 0.6 is 11.6 Å². The van der Waals surface area contributed by atoms with E-state index in [0.717, 1.165) is 17.7 Å². The zero-order valence-corrected chi connectivity index (χ0v) is 11.6. The Morgan fingerprint density at radius 2 is 1.75 bits per heavy atom. The molecule has 0 saturated heterocycles. The zero-order valence-electron chi connectivity index (χ0n) is 10.8. The van der Waals surface area contributed by atoms with Gasteiger partial charge < -0.3 is 4.74 Å². The van der Waals surface area contributed by atoms with Gasteiger partial charge in [0, 0.05) is 17.7 Å². The Morgan fingerprint density at radius 3 is 2.25 bits per heavy atom. The Bertz CT molecular complexity index is 661. The summed E-state index contributed by atoms with van der Waals surface area (Å²) < 4.78 is 32.5. The van der Waals surface area contributed by atoms with Crippen LogP contribution in [0.15, 0.2) is 30.3 Å². The molecule has 0 aliphatic rings. The Kier molecular flexibility index (Phi) is 4.04. The van der Waals surface area contributed by atoms with Gasteiger partial charge in [-0.3, -0.25) is 4.79 Å². The van der Waals surface area contributed by atoms with Gasteiger partial charge in [0.05, 0.1) is 17.7 Å². The normalized spacial score (nSPS) is 10.4. The molecule has 0 spiro atoms. The van der Waals surface area contributed by atoms with Crippen LogP contribution in [0.2, 0.25) is 5.02 Å². The predicted octanol–water partition coefficient (Wildman–Crippen LogP) is 4.17. The number of methoxy groups -OCH3 is 1. The lowest BCUT2D eigenvalue weighted by Crippen LogP contribution is -2.08. The third-order valence-corrected chi connectivity index (χ3v) is 3.16. The highest BCUT2D eigenvalue weighted by molar-refractivity contribution is 6.35. The van der Waals surface area contributed by atoms with Crippen LogP contribution in [0.25, 0.3) is 0 Å². The van der Waals surface area contributed by atoms with Gasteiger partial charge in [-0.25, -0.2) is 8.78 Å². The number of hydrogen-bond acceptors (Lipinski definition) is 2. The minimum atomic E-state index is -0.983. The standard InChI is InChI=1S/C15H11ClF2O2/c1-8-3-4-10(11(16)5-8)15(19)14-12(17)6-9(20-2)7-13(14)18/h3-7H,1-2H3. The zero-order chi connectivity index (χ0) is 14.9. The molecule has 0 unspecified atom stereocenters. The molecule has 0 radical (unpaired) electrons. The molecule has 0 aromatic heterocycles. The van der Waals surface area contributed by atoms with E-state index in [4.69, 9.17) is 16.3 Å². The van der Waals surface area contributed by atoms with Crippen LogP contribution in [0.5, 0.6) is 5.75 Å². The number of aryl methyl sites for hydroxylation is 1. The third kappa shape index (κ3) is 2.65. The van der Waals surface area contributed by atoms with Crippen molar-refractivity contribution in [3.05, 3.63) is 63.7 Å². The average Bonchev–Trinajstić information content (AvgIpc) is 2.37. The van der Waals surface area contributed by atoms with Crippen molar-refractivity contribution in [3.63, 3.8) is 0 Å². The summed E-state index contributed by atoms with van der Waals surface area (Å²) in [5.41, 5.74) is 0.263. The first-order valence-corrected chi connectivity index (χ1v) is 6.15. The molecule has 2 aromatic carbocycles. The second kappa shape index (κ2) is 5.59. The van der Waals surface area contributed by atoms with E-state index in [2.05, 4.69) is 0 Å². The molecule has 0 N–H and O–H groups in total. The summed E-state index contributed by atoms with van der Waals surface area (Å²) in [7, 11) is 1.28. The summed E-state index contributed by atoms with van der Waals surface area (Å²) >= 11 is 5.95. The minimum Gasteiger partial charge on any atom is -0.497 e. The molecule has 20 heavy (non-hydrogen) atoms. The van der Waals surface area contributed by atoms with Crippen LogP contribution in [0, 0.1) is 18.6 Å². The summed E-state index contributed by atoms with van der Waals surface area (Å²) in [5.74, 6) is -2.76. The lowest BCUT2D eigenvalue weighted by atomic mass is 10.0. The van der Waals surface area contributed by atoms with E-state index in [1.807, 2.05) is 0 Å². The molecule has 0 heterocycles. The van der Waals surface area contributed by atoms with Gasteiger partial charge in [-0.15, -0.1) is 0 Å². The molecule has 0 amide bonds. The number of halogens is 3. The van der Waals surface area contributed by atoms with Gasteiger partial charge in [-0.1, -0.05) is 17.7 Å². The largest absolute Gasteiger partial charge is 0.497 e. The van der Waals surface area contributed by atoms with E-state index in [0.29, 0.717) is 0 Å².